The van der Waals surface area contributed by atoms with Gasteiger partial charge in [-0.1, -0.05) is 31.2 Å². The van der Waals surface area contributed by atoms with Crippen molar-refractivity contribution in [3.8, 4) is 0 Å². The van der Waals surface area contributed by atoms with E-state index in [4.69, 9.17) is 0 Å². The first-order valence-corrected chi connectivity index (χ1v) is 8.71. The molecule has 4 heteroatoms. The first kappa shape index (κ1) is 17.5. The summed E-state index contributed by atoms with van der Waals surface area (Å²) >= 11 is 0. The summed E-state index contributed by atoms with van der Waals surface area (Å²) in [5, 5.41) is 6.01. The molecule has 0 aromatic heterocycles. The van der Waals surface area contributed by atoms with Crippen molar-refractivity contribution in [2.45, 2.75) is 52.5 Å². The van der Waals surface area contributed by atoms with Gasteiger partial charge in [0.15, 0.2) is 0 Å². The molecule has 4 nitrogen and oxygen atoms in total. The lowest BCUT2D eigenvalue weighted by Gasteiger charge is -2.27. The van der Waals surface area contributed by atoms with Crippen molar-refractivity contribution < 1.29 is 9.59 Å². The number of hydrogen-bond acceptors (Lipinski definition) is 2. The lowest BCUT2D eigenvalue weighted by molar-refractivity contribution is -0.130. The second kappa shape index (κ2) is 8.70. The molecule has 0 heterocycles. The SMILES string of the molecule is CCCNC(=O)C1CCC(C(=O)NCc2ccccc2C)CC1. The summed E-state index contributed by atoms with van der Waals surface area (Å²) in [6.45, 7) is 5.44. The summed E-state index contributed by atoms with van der Waals surface area (Å²) in [5.41, 5.74) is 2.36. The van der Waals surface area contributed by atoms with E-state index in [-0.39, 0.29) is 23.7 Å². The zero-order valence-corrected chi connectivity index (χ0v) is 14.2. The van der Waals surface area contributed by atoms with Crippen molar-refractivity contribution >= 4 is 11.8 Å². The van der Waals surface area contributed by atoms with Crippen LogP contribution in [0.1, 0.15) is 50.2 Å². The highest BCUT2D eigenvalue weighted by atomic mass is 16.2. The van der Waals surface area contributed by atoms with E-state index >= 15 is 0 Å². The number of hydrogen-bond donors (Lipinski definition) is 2. The van der Waals surface area contributed by atoms with E-state index in [1.54, 1.807) is 0 Å². The molecule has 1 fully saturated rings. The van der Waals surface area contributed by atoms with Gasteiger partial charge in [0.05, 0.1) is 0 Å². The van der Waals surface area contributed by atoms with Gasteiger partial charge in [0, 0.05) is 24.9 Å². The van der Waals surface area contributed by atoms with Gasteiger partial charge in [0.2, 0.25) is 11.8 Å². The molecule has 1 aliphatic rings. The van der Waals surface area contributed by atoms with Crippen LogP contribution in [0.5, 0.6) is 0 Å². The Kier molecular flexibility index (Phi) is 6.63. The first-order valence-electron chi connectivity index (χ1n) is 8.71. The number of benzene rings is 1. The molecule has 2 N–H and O–H groups in total. The number of nitrogens with one attached hydrogen (secondary N) is 2. The van der Waals surface area contributed by atoms with Gasteiger partial charge in [0.25, 0.3) is 0 Å². The molecule has 23 heavy (non-hydrogen) atoms. The fraction of sp³-hybridized carbons (Fsp3) is 0.579. The molecule has 0 radical (unpaired) electrons. The first-order chi connectivity index (χ1) is 11.1. The summed E-state index contributed by atoms with van der Waals surface area (Å²) in [6, 6.07) is 8.10. The number of rotatable bonds is 6. The van der Waals surface area contributed by atoms with Crippen molar-refractivity contribution in [3.63, 3.8) is 0 Å². The number of amides is 2. The molecule has 0 atom stereocenters. The van der Waals surface area contributed by atoms with Gasteiger partial charge < -0.3 is 10.6 Å². The molecule has 2 amide bonds. The van der Waals surface area contributed by atoms with Crippen molar-refractivity contribution in [1.82, 2.24) is 10.6 Å². The highest BCUT2D eigenvalue weighted by Crippen LogP contribution is 2.29. The van der Waals surface area contributed by atoms with Crippen LogP contribution in [0.2, 0.25) is 0 Å². The maximum atomic E-state index is 12.3. The van der Waals surface area contributed by atoms with Crippen LogP contribution in [-0.2, 0) is 16.1 Å². The largest absolute Gasteiger partial charge is 0.356 e. The van der Waals surface area contributed by atoms with E-state index < -0.39 is 0 Å². The second-order valence-corrected chi connectivity index (χ2v) is 6.48. The Morgan fingerprint density at radius 1 is 1.00 bits per heavy atom. The Labute approximate surface area is 139 Å². The molecular weight excluding hydrogens is 288 g/mol. The normalized spacial score (nSPS) is 20.8. The van der Waals surface area contributed by atoms with Crippen LogP contribution in [0.25, 0.3) is 0 Å². The molecule has 0 unspecified atom stereocenters. The minimum Gasteiger partial charge on any atom is -0.356 e. The molecule has 1 aliphatic carbocycles. The fourth-order valence-electron chi connectivity index (χ4n) is 3.15. The lowest BCUT2D eigenvalue weighted by atomic mass is 9.81. The zero-order valence-electron chi connectivity index (χ0n) is 14.2. The Hall–Kier alpha value is -1.84. The van der Waals surface area contributed by atoms with Crippen LogP contribution in [0.4, 0.5) is 0 Å². The van der Waals surface area contributed by atoms with E-state index in [2.05, 4.69) is 30.5 Å². The quantitative estimate of drug-likeness (QED) is 0.848. The average Bonchev–Trinajstić information content (AvgIpc) is 2.59. The molecule has 0 saturated heterocycles. The summed E-state index contributed by atoms with van der Waals surface area (Å²) < 4.78 is 0. The third-order valence-electron chi connectivity index (χ3n) is 4.73. The summed E-state index contributed by atoms with van der Waals surface area (Å²) in [4.78, 5) is 24.3. The van der Waals surface area contributed by atoms with Crippen LogP contribution >= 0.6 is 0 Å². The summed E-state index contributed by atoms with van der Waals surface area (Å²) in [6.07, 6.45) is 4.21. The minimum atomic E-state index is 0.0502. The highest BCUT2D eigenvalue weighted by Gasteiger charge is 2.29. The van der Waals surface area contributed by atoms with Gasteiger partial charge in [0.1, 0.15) is 0 Å². The topological polar surface area (TPSA) is 58.2 Å². The van der Waals surface area contributed by atoms with E-state index in [1.807, 2.05) is 18.2 Å². The van der Waals surface area contributed by atoms with Gasteiger partial charge in [-0.3, -0.25) is 9.59 Å². The van der Waals surface area contributed by atoms with Crippen LogP contribution in [0.3, 0.4) is 0 Å². The number of carbonyl (C=O) groups is 2. The van der Waals surface area contributed by atoms with Crippen LogP contribution in [-0.4, -0.2) is 18.4 Å². The standard InChI is InChI=1S/C19H28N2O2/c1-3-12-20-18(22)15-8-10-16(11-9-15)19(23)21-13-17-7-5-4-6-14(17)2/h4-7,15-16H,3,8-13H2,1-2H3,(H,20,22)(H,21,23). The van der Waals surface area contributed by atoms with Crippen LogP contribution in [0.15, 0.2) is 24.3 Å². The summed E-state index contributed by atoms with van der Waals surface area (Å²) in [7, 11) is 0. The van der Waals surface area contributed by atoms with Gasteiger partial charge in [-0.25, -0.2) is 0 Å². The van der Waals surface area contributed by atoms with Gasteiger partial charge in [-0.15, -0.1) is 0 Å². The third kappa shape index (κ3) is 5.08. The van der Waals surface area contributed by atoms with Crippen molar-refractivity contribution in [2.24, 2.45) is 11.8 Å². The molecule has 1 saturated carbocycles. The molecule has 2 rings (SSSR count). The predicted octanol–water partition coefficient (Wildman–Crippen LogP) is 2.94. The maximum Gasteiger partial charge on any atom is 0.223 e. The molecule has 0 aliphatic heterocycles. The Morgan fingerprint density at radius 3 is 2.13 bits per heavy atom. The molecular formula is C19H28N2O2. The van der Waals surface area contributed by atoms with Crippen molar-refractivity contribution in [1.29, 1.82) is 0 Å². The molecule has 0 spiro atoms. The molecule has 0 bridgehead atoms. The Bertz CT molecular complexity index is 534. The monoisotopic (exact) mass is 316 g/mol. The maximum absolute atomic E-state index is 12.3. The zero-order chi connectivity index (χ0) is 16.7. The van der Waals surface area contributed by atoms with Gasteiger partial charge in [-0.2, -0.15) is 0 Å². The Balaban J connectivity index is 1.75. The second-order valence-electron chi connectivity index (χ2n) is 6.48. The van der Waals surface area contributed by atoms with Crippen LogP contribution < -0.4 is 10.6 Å². The summed E-state index contributed by atoms with van der Waals surface area (Å²) in [5.74, 6) is 0.419. The minimum absolute atomic E-state index is 0.0502. The predicted molar refractivity (Wildman–Crippen MR) is 91.8 cm³/mol. The number of carbonyl (C=O) groups excluding carboxylic acids is 2. The van der Waals surface area contributed by atoms with E-state index in [9.17, 15) is 9.59 Å². The molecule has 126 valence electrons. The van der Waals surface area contributed by atoms with E-state index in [0.717, 1.165) is 44.2 Å². The van der Waals surface area contributed by atoms with Crippen LogP contribution in [0, 0.1) is 18.8 Å². The smallest absolute Gasteiger partial charge is 0.223 e. The number of aryl methyl sites for hydroxylation is 1. The Morgan fingerprint density at radius 2 is 1.57 bits per heavy atom. The molecule has 1 aromatic rings. The highest BCUT2D eigenvalue weighted by molar-refractivity contribution is 5.81. The van der Waals surface area contributed by atoms with E-state index in [0.29, 0.717) is 6.54 Å². The van der Waals surface area contributed by atoms with Crippen molar-refractivity contribution in [2.75, 3.05) is 6.54 Å². The molecule has 1 aromatic carbocycles. The van der Waals surface area contributed by atoms with E-state index in [1.165, 1.54) is 5.56 Å². The van der Waals surface area contributed by atoms with Gasteiger partial charge >= 0.3 is 0 Å². The lowest BCUT2D eigenvalue weighted by Crippen LogP contribution is -2.37. The third-order valence-corrected chi connectivity index (χ3v) is 4.73. The fourth-order valence-corrected chi connectivity index (χ4v) is 3.15. The van der Waals surface area contributed by atoms with Crippen molar-refractivity contribution in [3.05, 3.63) is 35.4 Å². The average molecular weight is 316 g/mol. The van der Waals surface area contributed by atoms with Gasteiger partial charge in [-0.05, 0) is 50.2 Å².